The van der Waals surface area contributed by atoms with Crippen LogP contribution in [0.25, 0.3) is 0 Å². The molecule has 4 heteroatoms. The Kier molecular flexibility index (Phi) is 3.42. The molecule has 0 spiro atoms. The van der Waals surface area contributed by atoms with E-state index in [1.165, 1.54) is 0 Å². The molecule has 1 aromatic carbocycles. The maximum Gasteiger partial charge on any atom is 0.253 e. The van der Waals surface area contributed by atoms with Crippen LogP contribution in [0.1, 0.15) is 35.2 Å². The van der Waals surface area contributed by atoms with Crippen molar-refractivity contribution in [3.63, 3.8) is 0 Å². The highest BCUT2D eigenvalue weighted by Gasteiger charge is 2.22. The van der Waals surface area contributed by atoms with Crippen LogP contribution in [0.5, 0.6) is 5.75 Å². The minimum absolute atomic E-state index is 0.125. The minimum atomic E-state index is 0.125. The third-order valence-electron chi connectivity index (χ3n) is 3.98. The Morgan fingerprint density at radius 3 is 2.89 bits per heavy atom. The lowest BCUT2D eigenvalue weighted by Crippen LogP contribution is -2.42. The lowest BCUT2D eigenvalue weighted by Gasteiger charge is -2.30. The van der Waals surface area contributed by atoms with Crippen molar-refractivity contribution in [2.75, 3.05) is 19.7 Å². The van der Waals surface area contributed by atoms with Crippen molar-refractivity contribution in [1.82, 2.24) is 4.90 Å². The van der Waals surface area contributed by atoms with E-state index in [1.54, 1.807) is 0 Å². The van der Waals surface area contributed by atoms with E-state index in [9.17, 15) is 4.79 Å². The van der Waals surface area contributed by atoms with Gasteiger partial charge in [0.15, 0.2) is 0 Å². The van der Waals surface area contributed by atoms with Crippen LogP contribution < -0.4 is 10.5 Å². The quantitative estimate of drug-likeness (QED) is 0.834. The number of aryl methyl sites for hydroxylation is 1. The van der Waals surface area contributed by atoms with Crippen LogP contribution in [-0.4, -0.2) is 36.5 Å². The lowest BCUT2D eigenvalue weighted by atomic mass is 10.0. The number of piperidine rings is 1. The maximum atomic E-state index is 12.4. The molecule has 1 aromatic rings. The Labute approximate surface area is 113 Å². The predicted octanol–water partition coefficient (Wildman–Crippen LogP) is 1.57. The van der Waals surface area contributed by atoms with Gasteiger partial charge in [-0.25, -0.2) is 0 Å². The van der Waals surface area contributed by atoms with E-state index in [4.69, 9.17) is 10.5 Å². The highest BCUT2D eigenvalue weighted by molar-refractivity contribution is 5.94. The molecule has 2 aliphatic heterocycles. The summed E-state index contributed by atoms with van der Waals surface area (Å²) in [5, 5.41) is 0. The molecule has 2 heterocycles. The first kappa shape index (κ1) is 12.5. The first-order chi connectivity index (χ1) is 9.24. The number of carbonyl (C=O) groups is 1. The average molecular weight is 260 g/mol. The van der Waals surface area contributed by atoms with E-state index in [0.29, 0.717) is 0 Å². The normalized spacial score (nSPS) is 19.7. The molecular formula is C15H20N2O2. The predicted molar refractivity (Wildman–Crippen MR) is 73.4 cm³/mol. The number of rotatable bonds is 1. The number of amides is 1. The average Bonchev–Trinajstić information content (AvgIpc) is 2.47. The van der Waals surface area contributed by atoms with Crippen molar-refractivity contribution in [2.45, 2.75) is 31.7 Å². The lowest BCUT2D eigenvalue weighted by molar-refractivity contribution is 0.0714. The summed E-state index contributed by atoms with van der Waals surface area (Å²) in [6, 6.07) is 6.05. The Morgan fingerprint density at radius 1 is 1.32 bits per heavy atom. The van der Waals surface area contributed by atoms with Gasteiger partial charge in [0.05, 0.1) is 6.61 Å². The zero-order valence-corrected chi connectivity index (χ0v) is 11.1. The van der Waals surface area contributed by atoms with Crippen molar-refractivity contribution in [3.05, 3.63) is 29.3 Å². The molecule has 1 saturated heterocycles. The fourth-order valence-electron chi connectivity index (χ4n) is 2.78. The van der Waals surface area contributed by atoms with Gasteiger partial charge in [-0.3, -0.25) is 4.79 Å². The van der Waals surface area contributed by atoms with E-state index in [1.807, 2.05) is 23.1 Å². The van der Waals surface area contributed by atoms with Gasteiger partial charge >= 0.3 is 0 Å². The van der Waals surface area contributed by atoms with Crippen LogP contribution in [0.15, 0.2) is 18.2 Å². The van der Waals surface area contributed by atoms with Gasteiger partial charge in [-0.2, -0.15) is 0 Å². The van der Waals surface area contributed by atoms with E-state index in [-0.39, 0.29) is 11.9 Å². The number of fused-ring (bicyclic) bond motifs is 1. The number of nitrogens with zero attached hydrogens (tertiary/aromatic N) is 1. The number of ether oxygens (including phenoxy) is 1. The summed E-state index contributed by atoms with van der Waals surface area (Å²) in [6.07, 6.45) is 3.84. The second-order valence-electron chi connectivity index (χ2n) is 5.40. The Hall–Kier alpha value is -1.55. The third-order valence-corrected chi connectivity index (χ3v) is 3.98. The Balaban J connectivity index is 1.76. The van der Waals surface area contributed by atoms with Crippen LogP contribution in [0.3, 0.4) is 0 Å². The Bertz CT molecular complexity index is 479. The fraction of sp³-hybridized carbons (Fsp3) is 0.533. The number of benzene rings is 1. The van der Waals surface area contributed by atoms with Crippen LogP contribution in [0, 0.1) is 0 Å². The summed E-state index contributed by atoms with van der Waals surface area (Å²) in [7, 11) is 0. The second kappa shape index (κ2) is 5.21. The van der Waals surface area contributed by atoms with Crippen molar-refractivity contribution in [3.8, 4) is 5.75 Å². The van der Waals surface area contributed by atoms with Gasteiger partial charge in [-0.1, -0.05) is 0 Å². The SMILES string of the molecule is NC1CCN(C(=O)c2ccc3c(c2)CCCO3)CC1. The molecule has 0 saturated carbocycles. The number of carbonyl (C=O) groups excluding carboxylic acids is 1. The molecule has 19 heavy (non-hydrogen) atoms. The van der Waals surface area contributed by atoms with Gasteiger partial charge in [-0.05, 0) is 49.4 Å². The Morgan fingerprint density at radius 2 is 2.11 bits per heavy atom. The fourth-order valence-corrected chi connectivity index (χ4v) is 2.78. The largest absolute Gasteiger partial charge is 0.493 e. The topological polar surface area (TPSA) is 55.6 Å². The molecule has 0 radical (unpaired) electrons. The summed E-state index contributed by atoms with van der Waals surface area (Å²) in [5.74, 6) is 1.06. The summed E-state index contributed by atoms with van der Waals surface area (Å²) in [6.45, 7) is 2.32. The molecule has 1 amide bonds. The summed E-state index contributed by atoms with van der Waals surface area (Å²) >= 11 is 0. The summed E-state index contributed by atoms with van der Waals surface area (Å²) in [5.41, 5.74) is 7.81. The molecule has 0 unspecified atom stereocenters. The first-order valence-corrected chi connectivity index (χ1v) is 7.04. The van der Waals surface area contributed by atoms with Crippen LogP contribution in [0.4, 0.5) is 0 Å². The molecule has 2 N–H and O–H groups in total. The van der Waals surface area contributed by atoms with Crippen LogP contribution >= 0.6 is 0 Å². The van der Waals surface area contributed by atoms with Crippen molar-refractivity contribution < 1.29 is 9.53 Å². The molecule has 0 aromatic heterocycles. The molecule has 0 bridgehead atoms. The number of nitrogens with two attached hydrogens (primary N) is 1. The molecular weight excluding hydrogens is 240 g/mol. The van der Waals surface area contributed by atoms with E-state index < -0.39 is 0 Å². The number of likely N-dealkylation sites (tertiary alicyclic amines) is 1. The monoisotopic (exact) mass is 260 g/mol. The van der Waals surface area contributed by atoms with Crippen LogP contribution in [0.2, 0.25) is 0 Å². The van der Waals surface area contributed by atoms with Gasteiger partial charge in [0, 0.05) is 24.7 Å². The zero-order chi connectivity index (χ0) is 13.2. The number of hydrogen-bond donors (Lipinski definition) is 1. The minimum Gasteiger partial charge on any atom is -0.493 e. The van der Waals surface area contributed by atoms with Gasteiger partial charge in [0.2, 0.25) is 0 Å². The second-order valence-corrected chi connectivity index (χ2v) is 5.40. The van der Waals surface area contributed by atoms with Crippen LogP contribution in [-0.2, 0) is 6.42 Å². The summed E-state index contributed by atoms with van der Waals surface area (Å²) < 4.78 is 5.58. The molecule has 102 valence electrons. The highest BCUT2D eigenvalue weighted by atomic mass is 16.5. The third kappa shape index (κ3) is 2.59. The zero-order valence-electron chi connectivity index (χ0n) is 11.1. The van der Waals surface area contributed by atoms with E-state index in [0.717, 1.165) is 62.3 Å². The van der Waals surface area contributed by atoms with Gasteiger partial charge in [0.25, 0.3) is 5.91 Å². The standard InChI is InChI=1S/C15H20N2O2/c16-13-5-7-17(8-6-13)15(18)12-3-4-14-11(10-12)2-1-9-19-14/h3-4,10,13H,1-2,5-9,16H2. The molecule has 4 nitrogen and oxygen atoms in total. The molecule has 2 aliphatic rings. The van der Waals surface area contributed by atoms with E-state index >= 15 is 0 Å². The van der Waals surface area contributed by atoms with Gasteiger partial charge in [-0.15, -0.1) is 0 Å². The van der Waals surface area contributed by atoms with Crippen molar-refractivity contribution in [1.29, 1.82) is 0 Å². The smallest absolute Gasteiger partial charge is 0.253 e. The van der Waals surface area contributed by atoms with Crippen molar-refractivity contribution in [2.24, 2.45) is 5.73 Å². The molecule has 3 rings (SSSR count). The molecule has 1 fully saturated rings. The van der Waals surface area contributed by atoms with Gasteiger partial charge < -0.3 is 15.4 Å². The highest BCUT2D eigenvalue weighted by Crippen LogP contribution is 2.26. The van der Waals surface area contributed by atoms with Crippen molar-refractivity contribution >= 4 is 5.91 Å². The first-order valence-electron chi connectivity index (χ1n) is 7.04. The summed E-state index contributed by atoms with van der Waals surface area (Å²) in [4.78, 5) is 14.3. The van der Waals surface area contributed by atoms with Gasteiger partial charge in [0.1, 0.15) is 5.75 Å². The van der Waals surface area contributed by atoms with E-state index in [2.05, 4.69) is 0 Å². The number of hydrogen-bond acceptors (Lipinski definition) is 3. The molecule has 0 aliphatic carbocycles. The molecule has 0 atom stereocenters. The maximum absolute atomic E-state index is 12.4.